The molecule has 130 valence electrons. The van der Waals surface area contributed by atoms with Crippen LogP contribution in [0, 0.1) is 5.82 Å². The quantitative estimate of drug-likeness (QED) is 0.602. The number of nitrogens with one attached hydrogen (secondary N) is 1. The number of hydrogen-bond donors (Lipinski definition) is 1. The lowest BCUT2D eigenvalue weighted by Crippen LogP contribution is -2.29. The van der Waals surface area contributed by atoms with Crippen LogP contribution in [0.15, 0.2) is 48.5 Å². The third kappa shape index (κ3) is 5.89. The van der Waals surface area contributed by atoms with E-state index in [4.69, 9.17) is 27.9 Å². The van der Waals surface area contributed by atoms with Crippen molar-refractivity contribution < 1.29 is 18.7 Å². The van der Waals surface area contributed by atoms with Gasteiger partial charge in [-0.1, -0.05) is 35.3 Å². The smallest absolute Gasteiger partial charge is 0.331 e. The zero-order valence-electron chi connectivity index (χ0n) is 13.1. The maximum absolute atomic E-state index is 13.0. The number of amides is 1. The van der Waals surface area contributed by atoms with Crippen molar-refractivity contribution in [1.82, 2.24) is 0 Å². The molecule has 4 nitrogen and oxygen atoms in total. The molecule has 0 saturated carbocycles. The highest BCUT2D eigenvalue weighted by molar-refractivity contribution is 6.33. The highest BCUT2D eigenvalue weighted by Gasteiger charge is 2.17. The predicted octanol–water partition coefficient (Wildman–Crippen LogP) is 4.72. The van der Waals surface area contributed by atoms with Gasteiger partial charge in [0, 0.05) is 11.1 Å². The molecule has 0 aliphatic carbocycles. The minimum Gasteiger partial charge on any atom is -0.449 e. The highest BCUT2D eigenvalue weighted by Crippen LogP contribution is 2.22. The molecular formula is C18H14Cl2FNO3. The largest absolute Gasteiger partial charge is 0.449 e. The Balaban J connectivity index is 1.92. The summed E-state index contributed by atoms with van der Waals surface area (Å²) in [6.45, 7) is 1.41. The van der Waals surface area contributed by atoms with E-state index in [0.29, 0.717) is 5.02 Å². The van der Waals surface area contributed by atoms with Crippen LogP contribution in [0.25, 0.3) is 6.08 Å². The lowest BCUT2D eigenvalue weighted by Gasteiger charge is -2.13. The predicted molar refractivity (Wildman–Crippen MR) is 96.1 cm³/mol. The second-order valence-corrected chi connectivity index (χ2v) is 5.92. The Morgan fingerprint density at radius 1 is 1.20 bits per heavy atom. The van der Waals surface area contributed by atoms with Crippen molar-refractivity contribution in [3.8, 4) is 0 Å². The summed E-state index contributed by atoms with van der Waals surface area (Å²) in [4.78, 5) is 23.8. The third-order valence-corrected chi connectivity index (χ3v) is 3.66. The minimum atomic E-state index is -1.06. The number of benzene rings is 2. The van der Waals surface area contributed by atoms with Crippen LogP contribution >= 0.6 is 23.2 Å². The molecule has 7 heteroatoms. The van der Waals surface area contributed by atoms with Crippen molar-refractivity contribution in [1.29, 1.82) is 0 Å². The van der Waals surface area contributed by atoms with Gasteiger partial charge in [-0.3, -0.25) is 4.79 Å². The standard InChI is InChI=1S/C18H14Cl2FNO3/c1-11(18(24)22-16-7-6-14(21)10-15(16)20)25-17(23)8-5-12-3-2-4-13(19)9-12/h2-11H,1H3,(H,22,24)/b8-5+/t11-/m0/s1. The van der Waals surface area contributed by atoms with E-state index in [1.165, 1.54) is 25.1 Å². The average Bonchev–Trinajstić information content (AvgIpc) is 2.55. The van der Waals surface area contributed by atoms with E-state index in [1.54, 1.807) is 24.3 Å². The van der Waals surface area contributed by atoms with Crippen LogP contribution in [0.3, 0.4) is 0 Å². The first-order chi connectivity index (χ1) is 11.8. The van der Waals surface area contributed by atoms with E-state index in [-0.39, 0.29) is 10.7 Å². The van der Waals surface area contributed by atoms with Crippen molar-refractivity contribution in [3.63, 3.8) is 0 Å². The Labute approximate surface area is 154 Å². The van der Waals surface area contributed by atoms with Crippen molar-refractivity contribution in [2.75, 3.05) is 5.32 Å². The van der Waals surface area contributed by atoms with Gasteiger partial charge in [-0.25, -0.2) is 9.18 Å². The normalized spacial score (nSPS) is 12.0. The molecule has 0 radical (unpaired) electrons. The number of halogens is 3. The third-order valence-electron chi connectivity index (χ3n) is 3.11. The molecule has 0 spiro atoms. The molecule has 2 aromatic carbocycles. The summed E-state index contributed by atoms with van der Waals surface area (Å²) in [5.74, 6) is -1.79. The van der Waals surface area contributed by atoms with Crippen molar-refractivity contribution in [2.45, 2.75) is 13.0 Å². The average molecular weight is 382 g/mol. The van der Waals surface area contributed by atoms with Crippen molar-refractivity contribution in [2.24, 2.45) is 0 Å². The Hall–Kier alpha value is -2.37. The van der Waals surface area contributed by atoms with Crippen LogP contribution in [0.2, 0.25) is 10.0 Å². The van der Waals surface area contributed by atoms with E-state index in [0.717, 1.165) is 17.7 Å². The molecule has 1 amide bonds. The fraction of sp³-hybridized carbons (Fsp3) is 0.111. The Kier molecular flexibility index (Phi) is 6.56. The van der Waals surface area contributed by atoms with E-state index >= 15 is 0 Å². The molecule has 1 atom stereocenters. The Bertz CT molecular complexity index is 824. The molecule has 0 heterocycles. The second-order valence-electron chi connectivity index (χ2n) is 5.08. The zero-order chi connectivity index (χ0) is 18.4. The Morgan fingerprint density at radius 3 is 2.64 bits per heavy atom. The molecule has 0 saturated heterocycles. The molecule has 2 rings (SSSR count). The number of esters is 1. The summed E-state index contributed by atoms with van der Waals surface area (Å²) in [5.41, 5.74) is 0.949. The molecule has 0 bridgehead atoms. The number of carbonyl (C=O) groups is 2. The van der Waals surface area contributed by atoms with Crippen LogP contribution in [0.5, 0.6) is 0 Å². The first kappa shape index (κ1) is 19.0. The lowest BCUT2D eigenvalue weighted by molar-refractivity contribution is -0.148. The van der Waals surface area contributed by atoms with Crippen molar-refractivity contribution >= 4 is 46.8 Å². The Morgan fingerprint density at radius 2 is 1.96 bits per heavy atom. The number of carbonyl (C=O) groups excluding carboxylic acids is 2. The van der Waals surface area contributed by atoms with Gasteiger partial charge in [-0.2, -0.15) is 0 Å². The van der Waals surface area contributed by atoms with Gasteiger partial charge in [-0.05, 0) is 48.9 Å². The van der Waals surface area contributed by atoms with Gasteiger partial charge in [-0.15, -0.1) is 0 Å². The number of anilines is 1. The summed E-state index contributed by atoms with van der Waals surface area (Å²) in [6, 6.07) is 10.5. The number of rotatable bonds is 5. The molecule has 2 aromatic rings. The molecule has 0 aliphatic rings. The van der Waals surface area contributed by atoms with Gasteiger partial charge >= 0.3 is 5.97 Å². The van der Waals surface area contributed by atoms with Gasteiger partial charge < -0.3 is 10.1 Å². The maximum Gasteiger partial charge on any atom is 0.331 e. The molecule has 0 fully saturated rings. The lowest BCUT2D eigenvalue weighted by atomic mass is 10.2. The monoisotopic (exact) mass is 381 g/mol. The number of hydrogen-bond acceptors (Lipinski definition) is 3. The van der Waals surface area contributed by atoms with E-state index in [2.05, 4.69) is 5.32 Å². The maximum atomic E-state index is 13.0. The first-order valence-corrected chi connectivity index (χ1v) is 8.01. The van der Waals surface area contributed by atoms with Gasteiger partial charge in [0.05, 0.1) is 10.7 Å². The fourth-order valence-electron chi connectivity index (χ4n) is 1.87. The summed E-state index contributed by atoms with van der Waals surface area (Å²) in [6.07, 6.45) is 1.66. The van der Waals surface area contributed by atoms with Crippen LogP contribution in [-0.4, -0.2) is 18.0 Å². The topological polar surface area (TPSA) is 55.4 Å². The van der Waals surface area contributed by atoms with Crippen LogP contribution in [0.1, 0.15) is 12.5 Å². The van der Waals surface area contributed by atoms with Crippen LogP contribution < -0.4 is 5.32 Å². The molecule has 1 N–H and O–H groups in total. The summed E-state index contributed by atoms with van der Waals surface area (Å²) in [7, 11) is 0. The second kappa shape index (κ2) is 8.65. The fourth-order valence-corrected chi connectivity index (χ4v) is 2.28. The highest BCUT2D eigenvalue weighted by atomic mass is 35.5. The molecule has 25 heavy (non-hydrogen) atoms. The summed E-state index contributed by atoms with van der Waals surface area (Å²) < 4.78 is 18.0. The van der Waals surface area contributed by atoms with Gasteiger partial charge in [0.15, 0.2) is 6.10 Å². The molecular weight excluding hydrogens is 368 g/mol. The zero-order valence-corrected chi connectivity index (χ0v) is 14.6. The van der Waals surface area contributed by atoms with E-state index in [1.807, 2.05) is 0 Å². The van der Waals surface area contributed by atoms with Crippen LogP contribution in [-0.2, 0) is 14.3 Å². The van der Waals surface area contributed by atoms with Gasteiger partial charge in [0.25, 0.3) is 5.91 Å². The summed E-state index contributed by atoms with van der Waals surface area (Å²) >= 11 is 11.7. The molecule has 0 unspecified atom stereocenters. The molecule has 0 aromatic heterocycles. The van der Waals surface area contributed by atoms with E-state index in [9.17, 15) is 14.0 Å². The van der Waals surface area contributed by atoms with Gasteiger partial charge in [0.2, 0.25) is 0 Å². The molecule has 0 aliphatic heterocycles. The van der Waals surface area contributed by atoms with Crippen LogP contribution in [0.4, 0.5) is 10.1 Å². The SMILES string of the molecule is C[C@H](OC(=O)/C=C/c1cccc(Cl)c1)C(=O)Nc1ccc(F)cc1Cl. The van der Waals surface area contributed by atoms with Crippen molar-refractivity contribution in [3.05, 3.63) is 70.0 Å². The number of ether oxygens (including phenoxy) is 1. The first-order valence-electron chi connectivity index (χ1n) is 7.25. The van der Waals surface area contributed by atoms with Gasteiger partial charge in [0.1, 0.15) is 5.82 Å². The summed E-state index contributed by atoms with van der Waals surface area (Å²) in [5, 5.41) is 3.06. The minimum absolute atomic E-state index is 0.0488. The van der Waals surface area contributed by atoms with E-state index < -0.39 is 23.8 Å².